The van der Waals surface area contributed by atoms with E-state index < -0.39 is 0 Å². The number of ether oxygens (including phenoxy) is 2. The van der Waals surface area contributed by atoms with Crippen molar-refractivity contribution in [1.82, 2.24) is 5.32 Å². The Labute approximate surface area is 132 Å². The summed E-state index contributed by atoms with van der Waals surface area (Å²) in [7, 11) is 1.65. The van der Waals surface area contributed by atoms with E-state index in [0.717, 1.165) is 33.8 Å². The van der Waals surface area contributed by atoms with Crippen LogP contribution in [-0.4, -0.2) is 13.2 Å². The molecule has 1 saturated carbocycles. The van der Waals surface area contributed by atoms with Crippen molar-refractivity contribution in [2.45, 2.75) is 32.0 Å². The third-order valence-electron chi connectivity index (χ3n) is 3.49. The monoisotopic (exact) mass is 351 g/mol. The van der Waals surface area contributed by atoms with Crippen molar-refractivity contribution < 1.29 is 13.9 Å². The Morgan fingerprint density at radius 1 is 1.33 bits per heavy atom. The minimum atomic E-state index is 0.489. The summed E-state index contributed by atoms with van der Waals surface area (Å²) in [5.41, 5.74) is 1.07. The Bertz CT molecular complexity index is 607. The number of furan rings is 1. The van der Waals surface area contributed by atoms with E-state index in [9.17, 15) is 0 Å². The van der Waals surface area contributed by atoms with Crippen LogP contribution in [0.25, 0.3) is 0 Å². The molecule has 1 aromatic carbocycles. The average Bonchev–Trinajstić information content (AvgIpc) is 3.22. The van der Waals surface area contributed by atoms with Crippen molar-refractivity contribution in [3.05, 3.63) is 46.3 Å². The number of hydrogen-bond donors (Lipinski definition) is 1. The van der Waals surface area contributed by atoms with Gasteiger partial charge in [-0.15, -0.1) is 0 Å². The maximum absolute atomic E-state index is 5.85. The second-order valence-electron chi connectivity index (χ2n) is 5.11. The number of halogens is 1. The largest absolute Gasteiger partial charge is 0.497 e. The summed E-state index contributed by atoms with van der Waals surface area (Å²) < 4.78 is 17.4. The van der Waals surface area contributed by atoms with E-state index in [1.54, 1.807) is 13.4 Å². The molecular weight excluding hydrogens is 334 g/mol. The lowest BCUT2D eigenvalue weighted by Gasteiger charge is -2.10. The maximum Gasteiger partial charge on any atom is 0.134 e. The Morgan fingerprint density at radius 2 is 2.19 bits per heavy atom. The van der Waals surface area contributed by atoms with E-state index >= 15 is 0 Å². The highest BCUT2D eigenvalue weighted by molar-refractivity contribution is 9.10. The van der Waals surface area contributed by atoms with Gasteiger partial charge in [0, 0.05) is 11.6 Å². The quantitative estimate of drug-likeness (QED) is 0.821. The standard InChI is InChI=1S/C16H18BrNO3/c1-19-13-4-5-15(14(17)8-13)21-10-11-6-7-20-16(11)9-18-12-2-3-12/h4-8,12,18H,2-3,9-10H2,1H3. The minimum absolute atomic E-state index is 0.489. The van der Waals surface area contributed by atoms with Gasteiger partial charge in [-0.3, -0.25) is 0 Å². The first-order valence-corrected chi connectivity index (χ1v) is 7.80. The Kier molecular flexibility index (Phi) is 4.51. The van der Waals surface area contributed by atoms with Gasteiger partial charge in [-0.05, 0) is 53.0 Å². The van der Waals surface area contributed by atoms with Gasteiger partial charge < -0.3 is 19.2 Å². The van der Waals surface area contributed by atoms with E-state index in [1.807, 2.05) is 24.3 Å². The molecular formula is C16H18BrNO3. The molecule has 1 fully saturated rings. The van der Waals surface area contributed by atoms with Gasteiger partial charge >= 0.3 is 0 Å². The fourth-order valence-corrected chi connectivity index (χ4v) is 2.53. The molecule has 0 unspecified atom stereocenters. The van der Waals surface area contributed by atoms with Gasteiger partial charge in [0.2, 0.25) is 0 Å². The lowest BCUT2D eigenvalue weighted by atomic mass is 10.2. The zero-order chi connectivity index (χ0) is 14.7. The van der Waals surface area contributed by atoms with Crippen LogP contribution in [0.4, 0.5) is 0 Å². The molecule has 1 heterocycles. The van der Waals surface area contributed by atoms with Crippen molar-refractivity contribution >= 4 is 15.9 Å². The molecule has 1 aromatic heterocycles. The Hall–Kier alpha value is -1.46. The maximum atomic E-state index is 5.85. The molecule has 21 heavy (non-hydrogen) atoms. The van der Waals surface area contributed by atoms with Crippen molar-refractivity contribution in [2.75, 3.05) is 7.11 Å². The molecule has 3 rings (SSSR count). The van der Waals surface area contributed by atoms with Crippen LogP contribution < -0.4 is 14.8 Å². The molecule has 0 bridgehead atoms. The highest BCUT2D eigenvalue weighted by Gasteiger charge is 2.21. The van der Waals surface area contributed by atoms with Crippen LogP contribution in [0.5, 0.6) is 11.5 Å². The van der Waals surface area contributed by atoms with E-state index in [1.165, 1.54) is 12.8 Å². The summed E-state index contributed by atoms with van der Waals surface area (Å²) in [6.07, 6.45) is 4.25. The molecule has 0 amide bonds. The number of rotatable bonds is 7. The van der Waals surface area contributed by atoms with E-state index in [2.05, 4.69) is 21.2 Å². The molecule has 1 aliphatic rings. The lowest BCUT2D eigenvalue weighted by molar-refractivity contribution is 0.298. The van der Waals surface area contributed by atoms with Crippen LogP contribution in [-0.2, 0) is 13.2 Å². The van der Waals surface area contributed by atoms with Crippen LogP contribution in [0, 0.1) is 0 Å². The molecule has 1 N–H and O–H groups in total. The molecule has 1 aliphatic carbocycles. The van der Waals surface area contributed by atoms with Crippen molar-refractivity contribution in [3.8, 4) is 11.5 Å². The third kappa shape index (κ3) is 3.80. The van der Waals surface area contributed by atoms with E-state index in [0.29, 0.717) is 12.6 Å². The predicted octanol–water partition coefficient (Wildman–Crippen LogP) is 3.88. The molecule has 112 valence electrons. The first-order chi connectivity index (χ1) is 10.3. The number of nitrogens with one attached hydrogen (secondary N) is 1. The van der Waals surface area contributed by atoms with Gasteiger partial charge in [0.25, 0.3) is 0 Å². The summed E-state index contributed by atoms with van der Waals surface area (Å²) in [5.74, 6) is 2.54. The minimum Gasteiger partial charge on any atom is -0.497 e. The van der Waals surface area contributed by atoms with Crippen LogP contribution in [0.1, 0.15) is 24.2 Å². The van der Waals surface area contributed by atoms with Gasteiger partial charge in [-0.25, -0.2) is 0 Å². The van der Waals surface area contributed by atoms with Crippen LogP contribution >= 0.6 is 15.9 Å². The number of methoxy groups -OCH3 is 1. The normalized spacial score (nSPS) is 14.2. The van der Waals surface area contributed by atoms with Crippen LogP contribution in [0.3, 0.4) is 0 Å². The second-order valence-corrected chi connectivity index (χ2v) is 5.96. The topological polar surface area (TPSA) is 43.6 Å². The molecule has 0 aliphatic heterocycles. The average molecular weight is 352 g/mol. The third-order valence-corrected chi connectivity index (χ3v) is 4.11. The second kappa shape index (κ2) is 6.54. The summed E-state index contributed by atoms with van der Waals surface area (Å²) in [4.78, 5) is 0. The Balaban J connectivity index is 1.60. The van der Waals surface area contributed by atoms with E-state index in [-0.39, 0.29) is 0 Å². The van der Waals surface area contributed by atoms with Crippen molar-refractivity contribution in [3.63, 3.8) is 0 Å². The highest BCUT2D eigenvalue weighted by atomic mass is 79.9. The fourth-order valence-electron chi connectivity index (χ4n) is 2.06. The van der Waals surface area contributed by atoms with Crippen molar-refractivity contribution in [1.29, 1.82) is 0 Å². The summed E-state index contributed by atoms with van der Waals surface area (Å²) in [5, 5.41) is 3.45. The molecule has 5 heteroatoms. The summed E-state index contributed by atoms with van der Waals surface area (Å²) in [6.45, 7) is 1.25. The van der Waals surface area contributed by atoms with Gasteiger partial charge in [-0.2, -0.15) is 0 Å². The molecule has 4 nitrogen and oxygen atoms in total. The van der Waals surface area contributed by atoms with Gasteiger partial charge in [-0.1, -0.05) is 0 Å². The predicted molar refractivity (Wildman–Crippen MR) is 83.6 cm³/mol. The fraction of sp³-hybridized carbons (Fsp3) is 0.375. The van der Waals surface area contributed by atoms with Crippen LogP contribution in [0.2, 0.25) is 0 Å². The summed E-state index contributed by atoms with van der Waals surface area (Å²) >= 11 is 3.49. The number of hydrogen-bond acceptors (Lipinski definition) is 4. The molecule has 2 aromatic rings. The number of benzene rings is 1. The molecule has 0 saturated heterocycles. The summed E-state index contributed by atoms with van der Waals surface area (Å²) in [6, 6.07) is 8.29. The van der Waals surface area contributed by atoms with E-state index in [4.69, 9.17) is 13.9 Å². The smallest absolute Gasteiger partial charge is 0.134 e. The Morgan fingerprint density at radius 3 is 2.90 bits per heavy atom. The first-order valence-electron chi connectivity index (χ1n) is 7.01. The van der Waals surface area contributed by atoms with Gasteiger partial charge in [0.05, 0.1) is 24.4 Å². The van der Waals surface area contributed by atoms with Crippen molar-refractivity contribution in [2.24, 2.45) is 0 Å². The lowest BCUT2D eigenvalue weighted by Crippen LogP contribution is -2.16. The molecule has 0 atom stereocenters. The van der Waals surface area contributed by atoms with Gasteiger partial charge in [0.1, 0.15) is 23.9 Å². The first kappa shape index (κ1) is 14.5. The van der Waals surface area contributed by atoms with Crippen LogP contribution in [0.15, 0.2) is 39.4 Å². The SMILES string of the molecule is COc1ccc(OCc2ccoc2CNC2CC2)c(Br)c1. The van der Waals surface area contributed by atoms with Gasteiger partial charge in [0.15, 0.2) is 0 Å². The zero-order valence-electron chi connectivity index (χ0n) is 11.9. The highest BCUT2D eigenvalue weighted by Crippen LogP contribution is 2.30. The molecule has 0 spiro atoms. The zero-order valence-corrected chi connectivity index (χ0v) is 13.5. The molecule has 0 radical (unpaired) electrons.